The van der Waals surface area contributed by atoms with Gasteiger partial charge in [0, 0.05) is 32.5 Å². The summed E-state index contributed by atoms with van der Waals surface area (Å²) in [6.07, 6.45) is 0.500. The third kappa shape index (κ3) is 8.33. The van der Waals surface area contributed by atoms with E-state index >= 15 is 0 Å². The Morgan fingerprint density at radius 1 is 1.24 bits per heavy atom. The average Bonchev–Trinajstić information content (AvgIpc) is 2.50. The minimum atomic E-state index is -0.589. The van der Waals surface area contributed by atoms with E-state index in [9.17, 15) is 4.79 Å². The van der Waals surface area contributed by atoms with Gasteiger partial charge in [-0.3, -0.25) is 0 Å². The SMILES string of the molecule is CCOC(OCC)c1cnc(Cl)nc1NCCNC(=O)OC(C)(C)C. The number of nitrogens with zero attached hydrogens (tertiary/aromatic N) is 2. The van der Waals surface area contributed by atoms with E-state index in [-0.39, 0.29) is 5.28 Å². The molecule has 1 rings (SSSR count). The summed E-state index contributed by atoms with van der Waals surface area (Å²) < 4.78 is 16.3. The van der Waals surface area contributed by atoms with Crippen molar-refractivity contribution < 1.29 is 19.0 Å². The van der Waals surface area contributed by atoms with Crippen molar-refractivity contribution in [2.24, 2.45) is 0 Å². The van der Waals surface area contributed by atoms with Crippen LogP contribution >= 0.6 is 11.6 Å². The smallest absolute Gasteiger partial charge is 0.407 e. The second kappa shape index (κ2) is 10.4. The van der Waals surface area contributed by atoms with Crippen molar-refractivity contribution in [1.29, 1.82) is 0 Å². The first-order valence-corrected chi connectivity index (χ1v) is 8.61. The van der Waals surface area contributed by atoms with E-state index in [1.807, 2.05) is 34.6 Å². The Kier molecular flexibility index (Phi) is 8.88. The van der Waals surface area contributed by atoms with Crippen LogP contribution in [0, 0.1) is 0 Å². The fourth-order valence-electron chi connectivity index (χ4n) is 1.87. The molecule has 0 radical (unpaired) electrons. The molecule has 0 spiro atoms. The molecule has 0 aliphatic heterocycles. The fraction of sp³-hybridized carbons (Fsp3) is 0.688. The molecule has 0 aliphatic carbocycles. The van der Waals surface area contributed by atoms with Crippen LogP contribution in [0.2, 0.25) is 5.28 Å². The van der Waals surface area contributed by atoms with Crippen molar-refractivity contribution in [3.8, 4) is 0 Å². The molecular weight excluding hydrogens is 348 g/mol. The largest absolute Gasteiger partial charge is 0.444 e. The first-order valence-electron chi connectivity index (χ1n) is 8.23. The Hall–Kier alpha value is -1.64. The van der Waals surface area contributed by atoms with Gasteiger partial charge in [0.1, 0.15) is 11.4 Å². The number of amides is 1. The van der Waals surface area contributed by atoms with E-state index in [2.05, 4.69) is 20.6 Å². The van der Waals surface area contributed by atoms with Gasteiger partial charge in [-0.2, -0.15) is 0 Å². The molecule has 0 bridgehead atoms. The Balaban J connectivity index is 2.65. The van der Waals surface area contributed by atoms with E-state index in [1.165, 1.54) is 0 Å². The number of hydrogen-bond acceptors (Lipinski definition) is 7. The summed E-state index contributed by atoms with van der Waals surface area (Å²) in [5, 5.41) is 5.87. The van der Waals surface area contributed by atoms with E-state index in [0.29, 0.717) is 37.7 Å². The molecule has 0 unspecified atom stereocenters. The number of anilines is 1. The molecule has 2 N–H and O–H groups in total. The van der Waals surface area contributed by atoms with Crippen LogP contribution in [0.15, 0.2) is 6.20 Å². The number of carbonyl (C=O) groups excluding carboxylic acids is 1. The van der Waals surface area contributed by atoms with Crippen LogP contribution in [0.3, 0.4) is 0 Å². The average molecular weight is 375 g/mol. The zero-order valence-corrected chi connectivity index (χ0v) is 16.1. The molecule has 0 saturated heterocycles. The predicted octanol–water partition coefficient (Wildman–Crippen LogP) is 3.14. The number of halogens is 1. The van der Waals surface area contributed by atoms with Gasteiger partial charge < -0.3 is 24.8 Å². The lowest BCUT2D eigenvalue weighted by molar-refractivity contribution is -0.140. The molecule has 25 heavy (non-hydrogen) atoms. The molecule has 1 amide bonds. The highest BCUT2D eigenvalue weighted by Crippen LogP contribution is 2.25. The molecule has 0 aliphatic rings. The van der Waals surface area contributed by atoms with Crippen LogP contribution < -0.4 is 10.6 Å². The molecule has 142 valence electrons. The molecule has 1 aromatic rings. The van der Waals surface area contributed by atoms with E-state index < -0.39 is 18.0 Å². The summed E-state index contributed by atoms with van der Waals surface area (Å²) in [6.45, 7) is 10.9. The van der Waals surface area contributed by atoms with Crippen LogP contribution in [0.25, 0.3) is 0 Å². The van der Waals surface area contributed by atoms with Gasteiger partial charge >= 0.3 is 6.09 Å². The lowest BCUT2D eigenvalue weighted by Crippen LogP contribution is -2.35. The summed E-state index contributed by atoms with van der Waals surface area (Å²) in [5.74, 6) is 0.498. The zero-order chi connectivity index (χ0) is 18.9. The highest BCUT2D eigenvalue weighted by molar-refractivity contribution is 6.28. The fourth-order valence-corrected chi connectivity index (χ4v) is 2.01. The van der Waals surface area contributed by atoms with E-state index in [1.54, 1.807) is 6.20 Å². The van der Waals surface area contributed by atoms with Crippen LogP contribution in [0.4, 0.5) is 10.6 Å². The minimum Gasteiger partial charge on any atom is -0.444 e. The minimum absolute atomic E-state index is 0.109. The van der Waals surface area contributed by atoms with Gasteiger partial charge in [-0.25, -0.2) is 14.8 Å². The van der Waals surface area contributed by atoms with Crippen LogP contribution in [0.5, 0.6) is 0 Å². The summed E-state index contributed by atoms with van der Waals surface area (Å²) in [7, 11) is 0. The summed E-state index contributed by atoms with van der Waals surface area (Å²) in [4.78, 5) is 19.8. The standard InChI is InChI=1S/C16H27ClN4O4/c1-6-23-13(24-7-2)11-10-20-14(17)21-12(11)18-8-9-19-15(22)25-16(3,4)5/h10,13H,6-9H2,1-5H3,(H,19,22)(H,18,20,21). The van der Waals surface area contributed by atoms with Crippen molar-refractivity contribution in [1.82, 2.24) is 15.3 Å². The molecule has 0 fully saturated rings. The van der Waals surface area contributed by atoms with Crippen LogP contribution in [-0.4, -0.2) is 48.0 Å². The third-order valence-electron chi connectivity index (χ3n) is 2.76. The molecular formula is C16H27ClN4O4. The Morgan fingerprint density at radius 2 is 1.88 bits per heavy atom. The Bertz CT molecular complexity index is 545. The van der Waals surface area contributed by atoms with Crippen molar-refractivity contribution in [3.63, 3.8) is 0 Å². The number of ether oxygens (including phenoxy) is 3. The second-order valence-corrected chi connectivity index (χ2v) is 6.38. The first-order chi connectivity index (χ1) is 11.8. The maximum Gasteiger partial charge on any atom is 0.407 e. The third-order valence-corrected chi connectivity index (χ3v) is 2.95. The number of nitrogens with one attached hydrogen (secondary N) is 2. The summed E-state index contributed by atoms with van der Waals surface area (Å²) >= 11 is 5.88. The summed E-state index contributed by atoms with van der Waals surface area (Å²) in [5.41, 5.74) is 0.109. The van der Waals surface area contributed by atoms with Gasteiger partial charge in [0.15, 0.2) is 6.29 Å². The molecule has 0 atom stereocenters. The number of alkyl carbamates (subject to hydrolysis) is 1. The predicted molar refractivity (Wildman–Crippen MR) is 95.8 cm³/mol. The molecule has 1 aromatic heterocycles. The van der Waals surface area contributed by atoms with Crippen LogP contribution in [-0.2, 0) is 14.2 Å². The number of rotatable bonds is 9. The van der Waals surface area contributed by atoms with Gasteiger partial charge in [-0.15, -0.1) is 0 Å². The van der Waals surface area contributed by atoms with Crippen molar-refractivity contribution in [2.75, 3.05) is 31.6 Å². The monoisotopic (exact) mass is 374 g/mol. The molecule has 8 nitrogen and oxygen atoms in total. The highest BCUT2D eigenvalue weighted by Gasteiger charge is 2.19. The normalized spacial score (nSPS) is 11.5. The molecule has 1 heterocycles. The van der Waals surface area contributed by atoms with Crippen molar-refractivity contribution >= 4 is 23.5 Å². The molecule has 0 saturated carbocycles. The summed E-state index contributed by atoms with van der Waals surface area (Å²) in [6, 6.07) is 0. The van der Waals surface area contributed by atoms with Gasteiger partial charge in [-0.1, -0.05) is 0 Å². The lowest BCUT2D eigenvalue weighted by atomic mass is 10.2. The Labute approximate surface area is 153 Å². The quantitative estimate of drug-likeness (QED) is 0.389. The zero-order valence-electron chi connectivity index (χ0n) is 15.4. The van der Waals surface area contributed by atoms with Crippen molar-refractivity contribution in [3.05, 3.63) is 17.0 Å². The van der Waals surface area contributed by atoms with Gasteiger partial charge in [-0.05, 0) is 46.2 Å². The maximum atomic E-state index is 11.6. The lowest BCUT2D eigenvalue weighted by Gasteiger charge is -2.21. The highest BCUT2D eigenvalue weighted by atomic mass is 35.5. The number of hydrogen-bond donors (Lipinski definition) is 2. The molecule has 9 heteroatoms. The topological polar surface area (TPSA) is 94.6 Å². The van der Waals surface area contributed by atoms with E-state index in [0.717, 1.165) is 0 Å². The van der Waals surface area contributed by atoms with Gasteiger partial charge in [0.25, 0.3) is 0 Å². The van der Waals surface area contributed by atoms with Gasteiger partial charge in [0.05, 0.1) is 5.56 Å². The number of carbonyl (C=O) groups is 1. The van der Waals surface area contributed by atoms with Crippen LogP contribution in [0.1, 0.15) is 46.5 Å². The first kappa shape index (κ1) is 21.4. The van der Waals surface area contributed by atoms with Gasteiger partial charge in [0.2, 0.25) is 5.28 Å². The Morgan fingerprint density at radius 3 is 2.44 bits per heavy atom. The number of aromatic nitrogens is 2. The molecule has 0 aromatic carbocycles. The second-order valence-electron chi connectivity index (χ2n) is 6.04. The maximum absolute atomic E-state index is 11.6. The van der Waals surface area contributed by atoms with E-state index in [4.69, 9.17) is 25.8 Å². The van der Waals surface area contributed by atoms with Crippen molar-refractivity contribution in [2.45, 2.75) is 46.5 Å².